The summed E-state index contributed by atoms with van der Waals surface area (Å²) in [6.07, 6.45) is 2.44. The van der Waals surface area contributed by atoms with E-state index in [0.717, 1.165) is 26.2 Å². The predicted molar refractivity (Wildman–Crippen MR) is 123 cm³/mol. The Kier molecular flexibility index (Phi) is 5.99. The van der Waals surface area contributed by atoms with E-state index in [4.69, 9.17) is 11.6 Å². The van der Waals surface area contributed by atoms with Gasteiger partial charge < -0.3 is 0 Å². The minimum atomic E-state index is -0.334. The van der Waals surface area contributed by atoms with E-state index in [2.05, 4.69) is 36.5 Å². The molecule has 4 rings (SSSR count). The van der Waals surface area contributed by atoms with Gasteiger partial charge in [0.2, 0.25) is 0 Å². The highest BCUT2D eigenvalue weighted by atomic mass is 79.9. The van der Waals surface area contributed by atoms with Crippen molar-refractivity contribution in [1.29, 1.82) is 0 Å². The first-order valence-corrected chi connectivity index (χ1v) is 11.1. The Morgan fingerprint density at radius 2 is 2.07 bits per heavy atom. The van der Waals surface area contributed by atoms with Gasteiger partial charge in [0, 0.05) is 22.0 Å². The fraction of sp³-hybridized carbons (Fsp3) is 0.143. The van der Waals surface area contributed by atoms with Gasteiger partial charge in [-0.1, -0.05) is 35.0 Å². The van der Waals surface area contributed by atoms with Crippen molar-refractivity contribution in [3.05, 3.63) is 85.5 Å². The van der Waals surface area contributed by atoms with E-state index in [1.54, 1.807) is 10.9 Å². The number of halogens is 2. The van der Waals surface area contributed by atoms with Gasteiger partial charge in [-0.3, -0.25) is 10.1 Å². The van der Waals surface area contributed by atoms with E-state index in [1.165, 1.54) is 11.3 Å². The highest BCUT2D eigenvalue weighted by Crippen LogP contribution is 2.27. The van der Waals surface area contributed by atoms with Crippen molar-refractivity contribution in [1.82, 2.24) is 20.0 Å². The summed E-state index contributed by atoms with van der Waals surface area (Å²) in [6, 6.07) is 13.7. The molecular weight excluding hydrogens is 486 g/mol. The third-order valence-corrected chi connectivity index (χ3v) is 6.64. The van der Waals surface area contributed by atoms with Crippen LogP contribution in [0, 0.1) is 13.8 Å². The van der Waals surface area contributed by atoms with Crippen LogP contribution in [0.25, 0.3) is 5.69 Å². The fourth-order valence-electron chi connectivity index (χ4n) is 3.00. The fourth-order valence-corrected chi connectivity index (χ4v) is 4.29. The van der Waals surface area contributed by atoms with Gasteiger partial charge in [-0.25, -0.2) is 9.67 Å². The molecule has 2 aromatic heterocycles. The van der Waals surface area contributed by atoms with Gasteiger partial charge in [0.25, 0.3) is 5.91 Å². The molecule has 0 saturated heterocycles. The van der Waals surface area contributed by atoms with Crippen LogP contribution in [0.1, 0.15) is 32.2 Å². The summed E-state index contributed by atoms with van der Waals surface area (Å²) in [6.45, 7) is 3.83. The molecule has 9 heteroatoms. The number of nitrogens with one attached hydrogen (secondary N) is 1. The first kappa shape index (κ1) is 20.7. The summed E-state index contributed by atoms with van der Waals surface area (Å²) in [7, 11) is 0. The number of aryl methyl sites for hydroxylation is 1. The summed E-state index contributed by atoms with van der Waals surface area (Å²) in [4.78, 5) is 18.0. The van der Waals surface area contributed by atoms with Crippen LogP contribution in [0.15, 0.2) is 53.1 Å². The topological polar surface area (TPSA) is 72.7 Å². The number of thiazole rings is 1. The zero-order valence-corrected chi connectivity index (χ0v) is 19.3. The van der Waals surface area contributed by atoms with E-state index >= 15 is 0 Å². The molecule has 0 unspecified atom stereocenters. The van der Waals surface area contributed by atoms with Crippen molar-refractivity contribution >= 4 is 49.9 Å². The number of carbonyl (C=O) groups excluding carboxylic acids is 1. The molecule has 152 valence electrons. The van der Waals surface area contributed by atoms with Crippen LogP contribution in [-0.2, 0) is 6.42 Å². The standard InChI is InChI=1S/C21H17BrClN5OS/c1-12-4-3-5-15(8-12)28-13(2)19(26-27-28)20(29)25-21-24-11-16(30-21)9-14-6-7-17(22)18(23)10-14/h3-8,10-11H,9H2,1-2H3,(H,24,25,29). The normalized spacial score (nSPS) is 10.9. The first-order valence-electron chi connectivity index (χ1n) is 9.10. The summed E-state index contributed by atoms with van der Waals surface area (Å²) >= 11 is 11.0. The smallest absolute Gasteiger partial charge is 0.279 e. The average molecular weight is 503 g/mol. The van der Waals surface area contributed by atoms with Crippen molar-refractivity contribution in [2.45, 2.75) is 20.3 Å². The maximum atomic E-state index is 12.7. The number of amides is 1. The van der Waals surface area contributed by atoms with Crippen molar-refractivity contribution in [2.75, 3.05) is 5.32 Å². The van der Waals surface area contributed by atoms with E-state index in [0.29, 0.717) is 22.3 Å². The Hall–Kier alpha value is -2.55. The van der Waals surface area contributed by atoms with Crippen molar-refractivity contribution in [3.63, 3.8) is 0 Å². The lowest BCUT2D eigenvalue weighted by Crippen LogP contribution is -2.14. The molecule has 6 nitrogen and oxygen atoms in total. The van der Waals surface area contributed by atoms with Gasteiger partial charge in [-0.15, -0.1) is 16.4 Å². The summed E-state index contributed by atoms with van der Waals surface area (Å²) in [5.74, 6) is -0.334. The van der Waals surface area contributed by atoms with Gasteiger partial charge in [-0.05, 0) is 65.2 Å². The molecule has 2 aromatic carbocycles. The van der Waals surface area contributed by atoms with E-state index < -0.39 is 0 Å². The molecule has 0 aliphatic heterocycles. The molecule has 0 aliphatic rings. The lowest BCUT2D eigenvalue weighted by molar-refractivity contribution is 0.102. The zero-order valence-electron chi connectivity index (χ0n) is 16.2. The molecule has 2 heterocycles. The maximum Gasteiger partial charge on any atom is 0.279 e. The Morgan fingerprint density at radius 3 is 2.83 bits per heavy atom. The van der Waals surface area contributed by atoms with Gasteiger partial charge in [0.05, 0.1) is 16.4 Å². The molecule has 0 atom stereocenters. The third-order valence-electron chi connectivity index (χ3n) is 4.49. The summed E-state index contributed by atoms with van der Waals surface area (Å²) < 4.78 is 2.52. The number of carbonyl (C=O) groups is 1. The minimum Gasteiger partial charge on any atom is -0.296 e. The Morgan fingerprint density at radius 1 is 1.23 bits per heavy atom. The van der Waals surface area contributed by atoms with Gasteiger partial charge in [0.1, 0.15) is 0 Å². The van der Waals surface area contributed by atoms with Crippen molar-refractivity contribution < 1.29 is 4.79 Å². The van der Waals surface area contributed by atoms with Crippen molar-refractivity contribution in [2.24, 2.45) is 0 Å². The van der Waals surface area contributed by atoms with Gasteiger partial charge >= 0.3 is 0 Å². The second-order valence-electron chi connectivity index (χ2n) is 6.79. The van der Waals surface area contributed by atoms with Gasteiger partial charge in [0.15, 0.2) is 10.8 Å². The highest BCUT2D eigenvalue weighted by Gasteiger charge is 2.19. The van der Waals surface area contributed by atoms with Crippen LogP contribution in [0.2, 0.25) is 5.02 Å². The number of hydrogen-bond donors (Lipinski definition) is 1. The number of anilines is 1. The average Bonchev–Trinajstić information content (AvgIpc) is 3.31. The Balaban J connectivity index is 1.48. The van der Waals surface area contributed by atoms with Gasteiger partial charge in [-0.2, -0.15) is 0 Å². The van der Waals surface area contributed by atoms with Crippen LogP contribution in [-0.4, -0.2) is 25.9 Å². The minimum absolute atomic E-state index is 0.271. The maximum absolute atomic E-state index is 12.7. The molecule has 0 bridgehead atoms. The van der Waals surface area contributed by atoms with Crippen LogP contribution >= 0.6 is 38.9 Å². The highest BCUT2D eigenvalue weighted by molar-refractivity contribution is 9.10. The van der Waals surface area contributed by atoms with Crippen LogP contribution in [0.3, 0.4) is 0 Å². The number of hydrogen-bond acceptors (Lipinski definition) is 5. The third kappa shape index (κ3) is 4.45. The van der Waals surface area contributed by atoms with E-state index in [9.17, 15) is 4.79 Å². The zero-order chi connectivity index (χ0) is 21.3. The number of rotatable bonds is 5. The summed E-state index contributed by atoms with van der Waals surface area (Å²) in [5, 5.41) is 12.2. The Labute approximate surface area is 191 Å². The Bertz CT molecular complexity index is 1240. The molecular formula is C21H17BrClN5OS. The molecule has 0 fully saturated rings. The molecule has 0 spiro atoms. The quantitative estimate of drug-likeness (QED) is 0.385. The van der Waals surface area contributed by atoms with Crippen molar-refractivity contribution in [3.8, 4) is 5.69 Å². The van der Waals surface area contributed by atoms with Crippen LogP contribution < -0.4 is 5.32 Å². The molecule has 4 aromatic rings. The predicted octanol–water partition coefficient (Wildman–Crippen LogP) is 5.60. The summed E-state index contributed by atoms with van der Waals surface area (Å²) in [5.41, 5.74) is 3.98. The van der Waals surface area contributed by atoms with Crippen LogP contribution in [0.4, 0.5) is 5.13 Å². The SMILES string of the molecule is Cc1cccc(-n2nnc(C(=O)Nc3ncc(Cc4ccc(Br)c(Cl)c4)s3)c2C)c1. The number of benzene rings is 2. The van der Waals surface area contributed by atoms with E-state index in [-0.39, 0.29) is 11.6 Å². The monoisotopic (exact) mass is 501 g/mol. The lowest BCUT2D eigenvalue weighted by Gasteiger charge is -2.04. The molecule has 0 saturated carbocycles. The molecule has 0 aliphatic carbocycles. The van der Waals surface area contributed by atoms with E-state index in [1.807, 2.05) is 56.3 Å². The molecule has 0 radical (unpaired) electrons. The largest absolute Gasteiger partial charge is 0.296 e. The lowest BCUT2D eigenvalue weighted by atomic mass is 10.1. The molecule has 1 N–H and O–H groups in total. The molecule has 1 amide bonds. The van der Waals surface area contributed by atoms with Crippen LogP contribution in [0.5, 0.6) is 0 Å². The molecule has 30 heavy (non-hydrogen) atoms. The number of nitrogens with zero attached hydrogens (tertiary/aromatic N) is 4. The second kappa shape index (κ2) is 8.67. The number of aromatic nitrogens is 4. The first-order chi connectivity index (χ1) is 14.4. The second-order valence-corrected chi connectivity index (χ2v) is 9.16.